The molecule has 0 aromatic carbocycles. The minimum absolute atomic E-state index is 0.408. The standard InChI is InChI=1S/C13H11N3O3/c17-12(4-3-11-2-1-9-19-11)15-16-13(18)10-5-7-14-8-6-10/h1-9H,(H,15,17)(H,16,18)/b4-3+. The van der Waals surface area contributed by atoms with Crippen molar-refractivity contribution in [2.24, 2.45) is 0 Å². The number of rotatable bonds is 3. The molecule has 6 heteroatoms. The van der Waals surface area contributed by atoms with E-state index in [9.17, 15) is 9.59 Å². The number of pyridine rings is 1. The molecule has 0 radical (unpaired) electrons. The number of hydrogen-bond donors (Lipinski definition) is 2. The molecular formula is C13H11N3O3. The average Bonchev–Trinajstić information content (AvgIpc) is 2.96. The van der Waals surface area contributed by atoms with Crippen LogP contribution >= 0.6 is 0 Å². The number of carbonyl (C=O) groups excluding carboxylic acids is 2. The fourth-order valence-corrected chi connectivity index (χ4v) is 1.28. The number of aromatic nitrogens is 1. The first-order valence-electron chi connectivity index (χ1n) is 5.47. The molecule has 0 aliphatic rings. The molecule has 2 heterocycles. The number of amides is 2. The highest BCUT2D eigenvalue weighted by atomic mass is 16.3. The molecule has 2 aromatic rings. The third-order valence-electron chi connectivity index (χ3n) is 2.18. The van der Waals surface area contributed by atoms with Gasteiger partial charge in [-0.2, -0.15) is 0 Å². The van der Waals surface area contributed by atoms with Gasteiger partial charge in [0.2, 0.25) is 0 Å². The van der Waals surface area contributed by atoms with E-state index in [1.807, 2.05) is 0 Å². The van der Waals surface area contributed by atoms with Crippen molar-refractivity contribution in [1.82, 2.24) is 15.8 Å². The zero-order valence-corrected chi connectivity index (χ0v) is 9.87. The van der Waals surface area contributed by atoms with Crippen LogP contribution in [0.3, 0.4) is 0 Å². The molecule has 0 saturated heterocycles. The highest BCUT2D eigenvalue weighted by Crippen LogP contribution is 2.01. The Morgan fingerprint density at radius 1 is 1.16 bits per heavy atom. The van der Waals surface area contributed by atoms with E-state index in [1.54, 1.807) is 24.3 Å². The van der Waals surface area contributed by atoms with Crippen molar-refractivity contribution >= 4 is 17.9 Å². The molecule has 6 nitrogen and oxygen atoms in total. The Labute approximate surface area is 109 Å². The Balaban J connectivity index is 1.82. The molecular weight excluding hydrogens is 246 g/mol. The van der Waals surface area contributed by atoms with Gasteiger partial charge in [0.05, 0.1) is 6.26 Å². The summed E-state index contributed by atoms with van der Waals surface area (Å²) in [5.74, 6) is -0.323. The van der Waals surface area contributed by atoms with Crippen LogP contribution in [0.25, 0.3) is 6.08 Å². The lowest BCUT2D eigenvalue weighted by atomic mass is 10.3. The lowest BCUT2D eigenvalue weighted by molar-refractivity contribution is -0.117. The first kappa shape index (κ1) is 12.6. The fraction of sp³-hybridized carbons (Fsp3) is 0. The van der Waals surface area contributed by atoms with Gasteiger partial charge in [0.25, 0.3) is 11.8 Å². The Morgan fingerprint density at radius 2 is 1.95 bits per heavy atom. The Morgan fingerprint density at radius 3 is 2.63 bits per heavy atom. The van der Waals surface area contributed by atoms with Crippen LogP contribution in [0.4, 0.5) is 0 Å². The quantitative estimate of drug-likeness (QED) is 0.638. The van der Waals surface area contributed by atoms with Gasteiger partial charge in [-0.1, -0.05) is 0 Å². The molecule has 0 bridgehead atoms. The molecule has 0 aliphatic heterocycles. The molecule has 2 rings (SSSR count). The van der Waals surface area contributed by atoms with Gasteiger partial charge in [-0.25, -0.2) is 0 Å². The van der Waals surface area contributed by atoms with Crippen LogP contribution in [-0.4, -0.2) is 16.8 Å². The van der Waals surface area contributed by atoms with Crippen molar-refractivity contribution in [3.05, 3.63) is 60.3 Å². The van der Waals surface area contributed by atoms with E-state index in [-0.39, 0.29) is 0 Å². The van der Waals surface area contributed by atoms with Gasteiger partial charge in [0.1, 0.15) is 5.76 Å². The largest absolute Gasteiger partial charge is 0.465 e. The van der Waals surface area contributed by atoms with E-state index in [0.717, 1.165) is 0 Å². The second kappa shape index (κ2) is 6.15. The van der Waals surface area contributed by atoms with E-state index in [2.05, 4.69) is 15.8 Å². The highest BCUT2D eigenvalue weighted by Gasteiger charge is 2.04. The summed E-state index contributed by atoms with van der Waals surface area (Å²) in [6.07, 6.45) is 7.24. The molecule has 0 unspecified atom stereocenters. The van der Waals surface area contributed by atoms with Crippen LogP contribution in [0.1, 0.15) is 16.1 Å². The summed E-state index contributed by atoms with van der Waals surface area (Å²) in [4.78, 5) is 26.8. The SMILES string of the molecule is O=C(/C=C/c1ccco1)NNC(=O)c1ccncc1. The summed E-state index contributed by atoms with van der Waals surface area (Å²) in [7, 11) is 0. The number of furan rings is 1. The van der Waals surface area contributed by atoms with Gasteiger partial charge < -0.3 is 4.42 Å². The minimum atomic E-state index is -0.459. The second-order valence-electron chi connectivity index (χ2n) is 3.53. The van der Waals surface area contributed by atoms with Gasteiger partial charge in [-0.15, -0.1) is 0 Å². The van der Waals surface area contributed by atoms with Crippen LogP contribution in [0.2, 0.25) is 0 Å². The second-order valence-corrected chi connectivity index (χ2v) is 3.53. The van der Waals surface area contributed by atoms with E-state index in [0.29, 0.717) is 11.3 Å². The Bertz CT molecular complexity index is 576. The molecule has 2 N–H and O–H groups in total. The molecule has 2 aromatic heterocycles. The van der Waals surface area contributed by atoms with Crippen molar-refractivity contribution in [3.8, 4) is 0 Å². The minimum Gasteiger partial charge on any atom is -0.465 e. The van der Waals surface area contributed by atoms with Gasteiger partial charge in [-0.05, 0) is 30.3 Å². The number of carbonyl (C=O) groups is 2. The highest BCUT2D eigenvalue weighted by molar-refractivity contribution is 5.97. The van der Waals surface area contributed by atoms with Gasteiger partial charge in [0, 0.05) is 24.0 Å². The number of hydrogen-bond acceptors (Lipinski definition) is 4. The topological polar surface area (TPSA) is 84.2 Å². The Hall–Kier alpha value is -2.89. The average molecular weight is 257 g/mol. The van der Waals surface area contributed by atoms with Gasteiger partial charge in [-0.3, -0.25) is 25.4 Å². The number of nitrogens with one attached hydrogen (secondary N) is 2. The molecule has 2 amide bonds. The maximum absolute atomic E-state index is 11.6. The lowest BCUT2D eigenvalue weighted by Gasteiger charge is -2.04. The zero-order chi connectivity index (χ0) is 13.5. The van der Waals surface area contributed by atoms with Gasteiger partial charge in [0.15, 0.2) is 0 Å². The number of hydrazine groups is 1. The van der Waals surface area contributed by atoms with E-state index in [4.69, 9.17) is 4.42 Å². The van der Waals surface area contributed by atoms with Gasteiger partial charge >= 0.3 is 0 Å². The normalized spacial score (nSPS) is 10.3. The molecule has 0 aliphatic carbocycles. The smallest absolute Gasteiger partial charge is 0.269 e. The van der Waals surface area contributed by atoms with Crippen molar-refractivity contribution in [2.45, 2.75) is 0 Å². The predicted molar refractivity (Wildman–Crippen MR) is 67.6 cm³/mol. The summed E-state index contributed by atoms with van der Waals surface area (Å²) in [5.41, 5.74) is 4.94. The van der Waals surface area contributed by atoms with Crippen molar-refractivity contribution in [3.63, 3.8) is 0 Å². The molecule has 96 valence electrons. The monoisotopic (exact) mass is 257 g/mol. The summed E-state index contributed by atoms with van der Waals surface area (Å²) in [6.45, 7) is 0. The van der Waals surface area contributed by atoms with Crippen molar-refractivity contribution < 1.29 is 14.0 Å². The first-order chi connectivity index (χ1) is 9.25. The Kier molecular flexibility index (Phi) is 4.07. The lowest BCUT2D eigenvalue weighted by Crippen LogP contribution is -2.40. The zero-order valence-electron chi connectivity index (χ0n) is 9.87. The van der Waals surface area contributed by atoms with E-state index < -0.39 is 11.8 Å². The molecule has 0 saturated carbocycles. The fourth-order valence-electron chi connectivity index (χ4n) is 1.28. The van der Waals surface area contributed by atoms with E-state index >= 15 is 0 Å². The van der Waals surface area contributed by atoms with Crippen molar-refractivity contribution in [2.75, 3.05) is 0 Å². The molecule has 0 spiro atoms. The molecule has 0 fully saturated rings. The maximum Gasteiger partial charge on any atom is 0.269 e. The third kappa shape index (κ3) is 3.81. The van der Waals surface area contributed by atoms with Crippen LogP contribution in [0.5, 0.6) is 0 Å². The third-order valence-corrected chi connectivity index (χ3v) is 2.18. The van der Waals surface area contributed by atoms with Crippen LogP contribution in [-0.2, 0) is 4.79 Å². The van der Waals surface area contributed by atoms with Crippen LogP contribution in [0, 0.1) is 0 Å². The summed E-state index contributed by atoms with van der Waals surface area (Å²) in [6, 6.07) is 6.50. The predicted octanol–water partition coefficient (Wildman–Crippen LogP) is 1.15. The summed E-state index contributed by atoms with van der Waals surface area (Å²) >= 11 is 0. The number of nitrogens with zero attached hydrogens (tertiary/aromatic N) is 1. The summed E-state index contributed by atoms with van der Waals surface area (Å²) < 4.78 is 5.02. The summed E-state index contributed by atoms with van der Waals surface area (Å²) in [5, 5.41) is 0. The van der Waals surface area contributed by atoms with Crippen LogP contribution < -0.4 is 10.9 Å². The first-order valence-corrected chi connectivity index (χ1v) is 5.47. The maximum atomic E-state index is 11.6. The molecule has 0 atom stereocenters. The van der Waals surface area contributed by atoms with E-state index in [1.165, 1.54) is 30.8 Å². The van der Waals surface area contributed by atoms with Crippen LogP contribution in [0.15, 0.2) is 53.4 Å². The molecule has 19 heavy (non-hydrogen) atoms. The van der Waals surface area contributed by atoms with Crippen molar-refractivity contribution in [1.29, 1.82) is 0 Å².